The van der Waals surface area contributed by atoms with Crippen LogP contribution in [0.2, 0.25) is 0 Å². The van der Waals surface area contributed by atoms with Gasteiger partial charge in [0.25, 0.3) is 5.69 Å². The lowest BCUT2D eigenvalue weighted by atomic mass is 10.1. The van der Waals surface area contributed by atoms with Crippen molar-refractivity contribution < 1.29 is 22.8 Å². The van der Waals surface area contributed by atoms with Crippen LogP contribution < -0.4 is 10.6 Å². The van der Waals surface area contributed by atoms with Crippen LogP contribution in [0.5, 0.6) is 0 Å². The molecule has 11 heteroatoms. The zero-order valence-corrected chi connectivity index (χ0v) is 18.4. The van der Waals surface area contributed by atoms with Crippen molar-refractivity contribution in [3.05, 3.63) is 75.3 Å². The molecule has 2 N–H and O–H groups in total. The molecule has 0 heterocycles. The molecule has 2 aromatic rings. The predicted octanol–water partition coefficient (Wildman–Crippen LogP) is 4.16. The van der Waals surface area contributed by atoms with Gasteiger partial charge in [0.15, 0.2) is 5.96 Å². The van der Waals surface area contributed by atoms with Crippen LogP contribution in [0, 0.1) is 10.1 Å². The number of guanidine groups is 1. The SMILES string of the molecule is CN=C(NCc1ccc(COCC(F)(F)F)cc1)NCc1cccc([N+](=O)[O-])c1.I. The molecule has 7 nitrogen and oxygen atoms in total. The van der Waals surface area contributed by atoms with Gasteiger partial charge in [0.1, 0.15) is 6.61 Å². The predicted molar refractivity (Wildman–Crippen MR) is 118 cm³/mol. The highest BCUT2D eigenvalue weighted by atomic mass is 127. The Morgan fingerprint density at radius 3 is 2.23 bits per heavy atom. The first-order valence-corrected chi connectivity index (χ1v) is 8.67. The summed E-state index contributed by atoms with van der Waals surface area (Å²) in [6.07, 6.45) is -4.34. The first-order chi connectivity index (χ1) is 13.8. The first kappa shape index (κ1) is 25.6. The number of nitro benzene ring substituents is 1. The molecule has 0 fully saturated rings. The summed E-state index contributed by atoms with van der Waals surface area (Å²) < 4.78 is 40.9. The molecule has 2 rings (SSSR count). The average molecular weight is 538 g/mol. The van der Waals surface area contributed by atoms with E-state index in [9.17, 15) is 23.3 Å². The van der Waals surface area contributed by atoms with E-state index in [0.29, 0.717) is 24.6 Å². The van der Waals surface area contributed by atoms with Gasteiger partial charge in [-0.25, -0.2) is 0 Å². The summed E-state index contributed by atoms with van der Waals surface area (Å²) in [7, 11) is 1.60. The van der Waals surface area contributed by atoms with Gasteiger partial charge in [0, 0.05) is 32.3 Å². The summed E-state index contributed by atoms with van der Waals surface area (Å²) in [5.41, 5.74) is 2.31. The molecule has 0 saturated heterocycles. The Balaban J connectivity index is 0.00000450. The monoisotopic (exact) mass is 538 g/mol. The van der Waals surface area contributed by atoms with Crippen molar-refractivity contribution in [1.29, 1.82) is 0 Å². The number of ether oxygens (including phenoxy) is 1. The normalized spacial score (nSPS) is 11.5. The van der Waals surface area contributed by atoms with E-state index < -0.39 is 17.7 Å². The van der Waals surface area contributed by atoms with Gasteiger partial charge in [-0.05, 0) is 16.7 Å². The molecule has 0 aliphatic heterocycles. The highest BCUT2D eigenvalue weighted by Gasteiger charge is 2.27. The number of hydrogen-bond acceptors (Lipinski definition) is 4. The van der Waals surface area contributed by atoms with Crippen LogP contribution in [0.25, 0.3) is 0 Å². The summed E-state index contributed by atoms with van der Waals surface area (Å²) in [5.74, 6) is 0.508. The molecular weight excluding hydrogens is 516 g/mol. The molecule has 0 saturated carbocycles. The zero-order chi connectivity index (χ0) is 21.3. The molecule has 0 unspecified atom stereocenters. The van der Waals surface area contributed by atoms with E-state index in [1.807, 2.05) is 0 Å². The second-order valence-electron chi connectivity index (χ2n) is 6.13. The van der Waals surface area contributed by atoms with Crippen molar-refractivity contribution in [2.24, 2.45) is 4.99 Å². The number of hydrogen-bond donors (Lipinski definition) is 2. The topological polar surface area (TPSA) is 88.8 Å². The molecule has 0 aliphatic rings. The molecule has 164 valence electrons. The molecule has 0 amide bonds. The molecule has 0 aromatic heterocycles. The molecule has 0 bridgehead atoms. The summed E-state index contributed by atoms with van der Waals surface area (Å²) in [4.78, 5) is 14.5. The van der Waals surface area contributed by atoms with Crippen molar-refractivity contribution in [2.45, 2.75) is 25.9 Å². The molecule has 0 spiro atoms. The second kappa shape index (κ2) is 12.3. The van der Waals surface area contributed by atoms with Crippen LogP contribution in [0.1, 0.15) is 16.7 Å². The number of nitrogens with zero attached hydrogens (tertiary/aromatic N) is 2. The van der Waals surface area contributed by atoms with Crippen LogP contribution in [0.4, 0.5) is 18.9 Å². The van der Waals surface area contributed by atoms with Crippen LogP contribution in [-0.2, 0) is 24.4 Å². The number of alkyl halides is 3. The largest absolute Gasteiger partial charge is 0.411 e. The third-order valence-corrected chi connectivity index (χ3v) is 3.82. The van der Waals surface area contributed by atoms with Gasteiger partial charge >= 0.3 is 6.18 Å². The van der Waals surface area contributed by atoms with Crippen molar-refractivity contribution in [1.82, 2.24) is 10.6 Å². The van der Waals surface area contributed by atoms with Gasteiger partial charge in [0.05, 0.1) is 11.5 Å². The highest BCUT2D eigenvalue weighted by molar-refractivity contribution is 14.0. The molecule has 2 aromatic carbocycles. The van der Waals surface area contributed by atoms with Crippen molar-refractivity contribution in [2.75, 3.05) is 13.7 Å². The standard InChI is InChI=1S/C19H21F3N4O3.HI/c1-23-18(25-11-16-3-2-4-17(9-16)26(27)28)24-10-14-5-7-15(8-6-14)12-29-13-19(20,21)22;/h2-9H,10-13H2,1H3,(H2,23,24,25);1H. The Kier molecular flexibility index (Phi) is 10.5. The minimum absolute atomic E-state index is 0. The Hall–Kier alpha value is -2.41. The Bertz CT molecular complexity index is 846. The minimum atomic E-state index is -4.34. The second-order valence-corrected chi connectivity index (χ2v) is 6.13. The Morgan fingerprint density at radius 2 is 1.67 bits per heavy atom. The van der Waals surface area contributed by atoms with Gasteiger partial charge in [-0.1, -0.05) is 36.4 Å². The maximum Gasteiger partial charge on any atom is 0.411 e. The van der Waals surface area contributed by atoms with Crippen molar-refractivity contribution >= 4 is 35.6 Å². The van der Waals surface area contributed by atoms with E-state index in [2.05, 4.69) is 20.4 Å². The molecule has 0 radical (unpaired) electrons. The van der Waals surface area contributed by atoms with Gasteiger partial charge in [-0.3, -0.25) is 15.1 Å². The molecule has 0 aliphatic carbocycles. The fraction of sp³-hybridized carbons (Fsp3) is 0.316. The Morgan fingerprint density at radius 1 is 1.07 bits per heavy atom. The van der Waals surface area contributed by atoms with E-state index >= 15 is 0 Å². The molecule has 30 heavy (non-hydrogen) atoms. The minimum Gasteiger partial charge on any atom is -0.367 e. The number of benzene rings is 2. The van der Waals surface area contributed by atoms with Crippen molar-refractivity contribution in [3.63, 3.8) is 0 Å². The van der Waals surface area contributed by atoms with Crippen LogP contribution >= 0.6 is 24.0 Å². The summed E-state index contributed by atoms with van der Waals surface area (Å²) in [6, 6.07) is 13.3. The third kappa shape index (κ3) is 9.39. The quantitative estimate of drug-likeness (QED) is 0.173. The fourth-order valence-electron chi connectivity index (χ4n) is 2.41. The lowest BCUT2D eigenvalue weighted by Crippen LogP contribution is -2.36. The van der Waals surface area contributed by atoms with Gasteiger partial charge in [-0.15, -0.1) is 24.0 Å². The first-order valence-electron chi connectivity index (χ1n) is 8.67. The summed E-state index contributed by atoms with van der Waals surface area (Å²) in [5, 5.41) is 17.0. The number of aliphatic imine (C=N–C) groups is 1. The van der Waals surface area contributed by atoms with Crippen molar-refractivity contribution in [3.8, 4) is 0 Å². The van der Waals surface area contributed by atoms with E-state index in [1.54, 1.807) is 43.4 Å². The lowest BCUT2D eigenvalue weighted by Gasteiger charge is -2.12. The zero-order valence-electron chi connectivity index (χ0n) is 16.1. The lowest BCUT2D eigenvalue weighted by molar-refractivity contribution is -0.384. The van der Waals surface area contributed by atoms with E-state index in [0.717, 1.165) is 11.1 Å². The third-order valence-electron chi connectivity index (χ3n) is 3.82. The van der Waals surface area contributed by atoms with Crippen LogP contribution in [0.15, 0.2) is 53.5 Å². The molecular formula is C19H22F3IN4O3. The number of halogens is 4. The number of nitro groups is 1. The Labute approximate surface area is 188 Å². The maximum atomic E-state index is 12.1. The average Bonchev–Trinajstić information content (AvgIpc) is 2.68. The summed E-state index contributed by atoms with van der Waals surface area (Å²) >= 11 is 0. The van der Waals surface area contributed by atoms with E-state index in [1.165, 1.54) is 12.1 Å². The molecule has 0 atom stereocenters. The number of non-ortho nitro benzene ring substituents is 1. The van der Waals surface area contributed by atoms with Gasteiger partial charge in [0.2, 0.25) is 0 Å². The van der Waals surface area contributed by atoms with Crippen LogP contribution in [0.3, 0.4) is 0 Å². The fourth-order valence-corrected chi connectivity index (χ4v) is 2.41. The van der Waals surface area contributed by atoms with Crippen LogP contribution in [-0.4, -0.2) is 30.7 Å². The van der Waals surface area contributed by atoms with Gasteiger partial charge in [-0.2, -0.15) is 13.2 Å². The van der Waals surface area contributed by atoms with E-state index in [4.69, 9.17) is 0 Å². The summed E-state index contributed by atoms with van der Waals surface area (Å²) in [6.45, 7) is -0.586. The van der Waals surface area contributed by atoms with Gasteiger partial charge < -0.3 is 15.4 Å². The maximum absolute atomic E-state index is 12.1. The van der Waals surface area contributed by atoms with E-state index in [-0.39, 0.29) is 36.3 Å². The number of nitrogens with one attached hydrogen (secondary N) is 2. The smallest absolute Gasteiger partial charge is 0.367 e. The number of rotatable bonds is 8. The highest BCUT2D eigenvalue weighted by Crippen LogP contribution is 2.16.